The van der Waals surface area contributed by atoms with E-state index in [1.807, 2.05) is 58.1 Å². The molecule has 2 aliphatic rings. The zero-order valence-electron chi connectivity index (χ0n) is 15.5. The monoisotopic (exact) mass is 392 g/mol. The van der Waals surface area contributed by atoms with Crippen molar-refractivity contribution in [3.05, 3.63) is 71.0 Å². The minimum atomic E-state index is 0.0719. The van der Waals surface area contributed by atoms with Crippen LogP contribution in [0.1, 0.15) is 47.3 Å². The fraction of sp³-hybridized carbons (Fsp3) is 0.318. The average molecular weight is 393 g/mol. The van der Waals surface area contributed by atoms with Crippen molar-refractivity contribution >= 4 is 17.5 Å². The predicted molar refractivity (Wildman–Crippen MR) is 108 cm³/mol. The van der Waals surface area contributed by atoms with Crippen molar-refractivity contribution in [1.82, 2.24) is 19.9 Å². The van der Waals surface area contributed by atoms with Gasteiger partial charge in [-0.3, -0.25) is 4.79 Å². The lowest BCUT2D eigenvalue weighted by Crippen LogP contribution is -2.29. The number of amides is 1. The highest BCUT2D eigenvalue weighted by Crippen LogP contribution is 2.39. The van der Waals surface area contributed by atoms with Crippen molar-refractivity contribution in [2.45, 2.75) is 31.2 Å². The Morgan fingerprint density at radius 2 is 1.86 bits per heavy atom. The van der Waals surface area contributed by atoms with Gasteiger partial charge >= 0.3 is 0 Å². The van der Waals surface area contributed by atoms with Crippen molar-refractivity contribution in [2.24, 2.45) is 0 Å². The predicted octanol–water partition coefficient (Wildman–Crippen LogP) is 4.56. The van der Waals surface area contributed by atoms with Gasteiger partial charge in [0.2, 0.25) is 0 Å². The third kappa shape index (κ3) is 3.42. The Labute approximate surface area is 168 Å². The van der Waals surface area contributed by atoms with Crippen LogP contribution in [-0.4, -0.2) is 38.9 Å². The van der Waals surface area contributed by atoms with E-state index in [2.05, 4.69) is 16.5 Å². The van der Waals surface area contributed by atoms with Gasteiger partial charge in [-0.2, -0.15) is 0 Å². The normalized spacial score (nSPS) is 19.2. The molecule has 3 aromatic rings. The number of benzene rings is 2. The molecule has 1 aromatic heterocycles. The van der Waals surface area contributed by atoms with Gasteiger partial charge in [-0.25, -0.2) is 4.68 Å². The fourth-order valence-corrected chi connectivity index (χ4v) is 4.02. The number of hydrogen-bond donors (Lipinski definition) is 0. The smallest absolute Gasteiger partial charge is 0.253 e. The maximum atomic E-state index is 12.9. The Kier molecular flexibility index (Phi) is 4.40. The summed E-state index contributed by atoms with van der Waals surface area (Å²) in [6.07, 6.45) is 5.42. The number of aromatic nitrogens is 3. The van der Waals surface area contributed by atoms with Crippen LogP contribution in [0.4, 0.5) is 0 Å². The van der Waals surface area contributed by atoms with E-state index in [1.165, 1.54) is 12.8 Å². The summed E-state index contributed by atoms with van der Waals surface area (Å²) in [5, 5.41) is 9.30. The zero-order chi connectivity index (χ0) is 19.1. The van der Waals surface area contributed by atoms with E-state index >= 15 is 0 Å². The summed E-state index contributed by atoms with van der Waals surface area (Å²) in [5.74, 6) is 0.675. The maximum absolute atomic E-state index is 12.9. The summed E-state index contributed by atoms with van der Waals surface area (Å²) in [5.41, 5.74) is 3.91. The van der Waals surface area contributed by atoms with Crippen molar-refractivity contribution < 1.29 is 4.79 Å². The average Bonchev–Trinajstić information content (AvgIpc) is 3.25. The van der Waals surface area contributed by atoms with Crippen LogP contribution >= 0.6 is 11.6 Å². The molecule has 5 nitrogen and oxygen atoms in total. The number of halogens is 1. The topological polar surface area (TPSA) is 51.0 Å². The molecule has 0 spiro atoms. The molecule has 0 radical (unpaired) electrons. The number of nitrogens with zero attached hydrogens (tertiary/aromatic N) is 4. The van der Waals surface area contributed by atoms with Crippen LogP contribution in [-0.2, 0) is 0 Å². The summed E-state index contributed by atoms with van der Waals surface area (Å²) < 4.78 is 1.95. The van der Waals surface area contributed by atoms with E-state index in [9.17, 15) is 4.79 Å². The quantitative estimate of drug-likeness (QED) is 0.653. The highest BCUT2D eigenvalue weighted by Gasteiger charge is 2.31. The van der Waals surface area contributed by atoms with Crippen LogP contribution in [0.15, 0.2) is 54.7 Å². The van der Waals surface area contributed by atoms with Gasteiger partial charge in [0.15, 0.2) is 0 Å². The van der Waals surface area contributed by atoms with E-state index in [4.69, 9.17) is 11.6 Å². The number of carbonyl (C=O) groups excluding carboxylic acids is 1. The number of rotatable bonds is 4. The van der Waals surface area contributed by atoms with E-state index in [0.29, 0.717) is 23.0 Å². The van der Waals surface area contributed by atoms with Crippen LogP contribution in [0.5, 0.6) is 0 Å². The van der Waals surface area contributed by atoms with Crippen molar-refractivity contribution in [1.29, 1.82) is 0 Å². The molecular weight excluding hydrogens is 372 g/mol. The van der Waals surface area contributed by atoms with Gasteiger partial charge in [-0.1, -0.05) is 41.1 Å². The summed E-state index contributed by atoms with van der Waals surface area (Å²) in [4.78, 5) is 14.8. The molecule has 0 N–H and O–H groups in total. The fourth-order valence-electron chi connectivity index (χ4n) is 3.83. The first-order valence-electron chi connectivity index (χ1n) is 9.74. The van der Waals surface area contributed by atoms with E-state index in [-0.39, 0.29) is 11.9 Å². The minimum Gasteiger partial charge on any atom is -0.336 e. The third-order valence-corrected chi connectivity index (χ3v) is 5.87. The first-order chi connectivity index (χ1) is 13.7. The highest BCUT2D eigenvalue weighted by atomic mass is 35.5. The van der Waals surface area contributed by atoms with Crippen LogP contribution in [0.3, 0.4) is 0 Å². The minimum absolute atomic E-state index is 0.0719. The SMILES string of the molecule is O=C(c1ccc(-c2cccc(Cl)c2)cc1)N1CCC(n2cc(C3CC3)nn2)C1. The second-order valence-electron chi connectivity index (χ2n) is 7.68. The van der Waals surface area contributed by atoms with Crippen molar-refractivity contribution in [3.8, 4) is 11.1 Å². The van der Waals surface area contributed by atoms with Gasteiger partial charge in [0.25, 0.3) is 5.91 Å². The largest absolute Gasteiger partial charge is 0.336 e. The van der Waals surface area contributed by atoms with Gasteiger partial charge < -0.3 is 4.90 Å². The Morgan fingerprint density at radius 1 is 1.04 bits per heavy atom. The molecule has 1 atom stereocenters. The Hall–Kier alpha value is -2.66. The molecule has 1 saturated carbocycles. The van der Waals surface area contributed by atoms with Crippen molar-refractivity contribution in [2.75, 3.05) is 13.1 Å². The molecule has 2 aromatic carbocycles. The molecule has 5 rings (SSSR count). The van der Waals surface area contributed by atoms with E-state index in [0.717, 1.165) is 29.8 Å². The summed E-state index contributed by atoms with van der Waals surface area (Å²) >= 11 is 6.08. The molecule has 6 heteroatoms. The molecule has 28 heavy (non-hydrogen) atoms. The first-order valence-corrected chi connectivity index (χ1v) is 10.1. The summed E-state index contributed by atoms with van der Waals surface area (Å²) in [7, 11) is 0. The molecule has 2 fully saturated rings. The molecular formula is C22H21ClN4O. The maximum Gasteiger partial charge on any atom is 0.253 e. The Morgan fingerprint density at radius 3 is 2.61 bits per heavy atom. The molecule has 1 unspecified atom stereocenters. The van der Waals surface area contributed by atoms with Crippen LogP contribution < -0.4 is 0 Å². The molecule has 2 heterocycles. The lowest BCUT2D eigenvalue weighted by molar-refractivity contribution is 0.0787. The molecule has 1 aliphatic carbocycles. The number of likely N-dealkylation sites (tertiary alicyclic amines) is 1. The lowest BCUT2D eigenvalue weighted by atomic mass is 10.0. The Balaban J connectivity index is 1.27. The van der Waals surface area contributed by atoms with E-state index in [1.54, 1.807) is 0 Å². The standard InChI is InChI=1S/C22H21ClN4O/c23-19-3-1-2-18(12-19)15-4-8-17(9-5-15)22(28)26-11-10-20(13-26)27-14-21(24-25-27)16-6-7-16/h1-5,8-9,12,14,16,20H,6-7,10-11,13H2. The molecule has 1 saturated heterocycles. The second kappa shape index (κ2) is 7.06. The first kappa shape index (κ1) is 17.4. The molecule has 142 valence electrons. The molecule has 1 amide bonds. The van der Waals surface area contributed by atoms with Crippen LogP contribution in [0.2, 0.25) is 5.02 Å². The lowest BCUT2D eigenvalue weighted by Gasteiger charge is -2.17. The third-order valence-electron chi connectivity index (χ3n) is 5.64. The summed E-state index contributed by atoms with van der Waals surface area (Å²) in [6.45, 7) is 1.43. The van der Waals surface area contributed by atoms with E-state index < -0.39 is 0 Å². The van der Waals surface area contributed by atoms with Crippen LogP contribution in [0.25, 0.3) is 11.1 Å². The van der Waals surface area contributed by atoms with Gasteiger partial charge in [0, 0.05) is 35.8 Å². The molecule has 1 aliphatic heterocycles. The van der Waals surface area contributed by atoms with Gasteiger partial charge in [-0.05, 0) is 54.7 Å². The molecule has 0 bridgehead atoms. The highest BCUT2D eigenvalue weighted by molar-refractivity contribution is 6.30. The second-order valence-corrected chi connectivity index (χ2v) is 8.12. The van der Waals surface area contributed by atoms with Gasteiger partial charge in [0.1, 0.15) is 0 Å². The zero-order valence-corrected chi connectivity index (χ0v) is 16.2. The van der Waals surface area contributed by atoms with Gasteiger partial charge in [-0.15, -0.1) is 5.10 Å². The summed E-state index contributed by atoms with van der Waals surface area (Å²) in [6, 6.07) is 15.7. The Bertz CT molecular complexity index is 1010. The number of carbonyl (C=O) groups is 1. The van der Waals surface area contributed by atoms with Crippen LogP contribution in [0, 0.1) is 0 Å². The van der Waals surface area contributed by atoms with Crippen molar-refractivity contribution in [3.63, 3.8) is 0 Å². The van der Waals surface area contributed by atoms with Gasteiger partial charge in [0.05, 0.1) is 11.7 Å². The number of hydrogen-bond acceptors (Lipinski definition) is 3.